The Morgan fingerprint density at radius 3 is 2.94 bits per heavy atom. The van der Waals surface area contributed by atoms with E-state index in [4.69, 9.17) is 10.5 Å². The summed E-state index contributed by atoms with van der Waals surface area (Å²) in [5.74, 6) is 0.353. The van der Waals surface area contributed by atoms with Crippen molar-refractivity contribution in [3.05, 3.63) is 24.0 Å². The number of ether oxygens (including phenoxy) is 1. The largest absolute Gasteiger partial charge is 0.378 e. The fraction of sp³-hybridized carbons (Fsp3) is 0.583. The first kappa shape index (κ1) is 11.4. The van der Waals surface area contributed by atoms with Crippen LogP contribution < -0.4 is 10.6 Å². The van der Waals surface area contributed by atoms with Gasteiger partial charge in [-0.25, -0.2) is 0 Å². The summed E-state index contributed by atoms with van der Waals surface area (Å²) in [7, 11) is 0. The van der Waals surface area contributed by atoms with Gasteiger partial charge in [0, 0.05) is 31.2 Å². The number of pyridine rings is 1. The van der Waals surface area contributed by atoms with Gasteiger partial charge >= 0.3 is 0 Å². The maximum Gasteiger partial charge on any atom is 0.0642 e. The van der Waals surface area contributed by atoms with Crippen LogP contribution in [0.15, 0.2) is 18.5 Å². The minimum atomic E-state index is 0.353. The van der Waals surface area contributed by atoms with Gasteiger partial charge in [-0.1, -0.05) is 6.92 Å². The molecule has 1 saturated heterocycles. The lowest BCUT2D eigenvalue weighted by molar-refractivity contribution is 0.122. The van der Waals surface area contributed by atoms with E-state index in [1.54, 1.807) is 0 Å². The molecular formula is C12H19N3O. The van der Waals surface area contributed by atoms with Gasteiger partial charge in [-0.2, -0.15) is 0 Å². The van der Waals surface area contributed by atoms with Crippen LogP contribution in [0.1, 0.15) is 18.4 Å². The Labute approximate surface area is 96.4 Å². The summed E-state index contributed by atoms with van der Waals surface area (Å²) >= 11 is 0. The number of morpholine rings is 1. The summed E-state index contributed by atoms with van der Waals surface area (Å²) in [5.41, 5.74) is 8.23. The van der Waals surface area contributed by atoms with E-state index in [9.17, 15) is 0 Å². The summed E-state index contributed by atoms with van der Waals surface area (Å²) in [4.78, 5) is 6.55. The predicted octanol–water partition coefficient (Wildman–Crippen LogP) is 0.980. The normalized spacial score (nSPS) is 18.5. The van der Waals surface area contributed by atoms with Crippen molar-refractivity contribution >= 4 is 5.69 Å². The van der Waals surface area contributed by atoms with Crippen LogP contribution in [-0.2, 0) is 4.74 Å². The van der Waals surface area contributed by atoms with Crippen molar-refractivity contribution < 1.29 is 4.74 Å². The number of anilines is 1. The van der Waals surface area contributed by atoms with Gasteiger partial charge in [0.05, 0.1) is 13.2 Å². The fourth-order valence-electron chi connectivity index (χ4n) is 2.00. The van der Waals surface area contributed by atoms with Gasteiger partial charge < -0.3 is 15.4 Å². The Balaban J connectivity index is 2.24. The van der Waals surface area contributed by atoms with Crippen molar-refractivity contribution in [2.24, 2.45) is 5.73 Å². The number of nitrogens with zero attached hydrogens (tertiary/aromatic N) is 2. The predicted molar refractivity (Wildman–Crippen MR) is 64.7 cm³/mol. The van der Waals surface area contributed by atoms with E-state index in [0.717, 1.165) is 26.3 Å². The molecule has 1 atom stereocenters. The molecule has 0 radical (unpaired) electrons. The highest BCUT2D eigenvalue weighted by Crippen LogP contribution is 2.26. The molecule has 1 aliphatic rings. The molecular weight excluding hydrogens is 202 g/mol. The summed E-state index contributed by atoms with van der Waals surface area (Å²) in [6.45, 7) is 6.31. The van der Waals surface area contributed by atoms with Crippen molar-refractivity contribution in [2.45, 2.75) is 12.8 Å². The van der Waals surface area contributed by atoms with Gasteiger partial charge in [0.25, 0.3) is 0 Å². The molecule has 1 aromatic heterocycles. The number of hydrogen-bond acceptors (Lipinski definition) is 4. The molecule has 1 unspecified atom stereocenters. The molecule has 0 saturated carbocycles. The van der Waals surface area contributed by atoms with E-state index < -0.39 is 0 Å². The summed E-state index contributed by atoms with van der Waals surface area (Å²) < 4.78 is 5.37. The Morgan fingerprint density at radius 2 is 2.25 bits per heavy atom. The fourth-order valence-corrected chi connectivity index (χ4v) is 2.00. The van der Waals surface area contributed by atoms with Gasteiger partial charge in [-0.3, -0.25) is 4.98 Å². The van der Waals surface area contributed by atoms with Crippen LogP contribution in [0.5, 0.6) is 0 Å². The van der Waals surface area contributed by atoms with E-state index in [0.29, 0.717) is 12.5 Å². The second kappa shape index (κ2) is 5.27. The Bertz CT molecular complexity index is 337. The summed E-state index contributed by atoms with van der Waals surface area (Å²) in [6, 6.07) is 2.08. The van der Waals surface area contributed by atoms with Gasteiger partial charge in [-0.15, -0.1) is 0 Å². The van der Waals surface area contributed by atoms with E-state index in [2.05, 4.69) is 22.9 Å². The lowest BCUT2D eigenvalue weighted by Crippen LogP contribution is -2.37. The first-order chi connectivity index (χ1) is 7.83. The molecule has 4 nitrogen and oxygen atoms in total. The van der Waals surface area contributed by atoms with Crippen LogP contribution in [0.4, 0.5) is 5.69 Å². The molecule has 16 heavy (non-hydrogen) atoms. The Morgan fingerprint density at radius 1 is 1.50 bits per heavy atom. The third kappa shape index (κ3) is 2.33. The third-order valence-corrected chi connectivity index (χ3v) is 3.06. The quantitative estimate of drug-likeness (QED) is 0.826. The highest BCUT2D eigenvalue weighted by Gasteiger charge is 2.17. The monoisotopic (exact) mass is 221 g/mol. The zero-order chi connectivity index (χ0) is 11.4. The van der Waals surface area contributed by atoms with Gasteiger partial charge in [-0.05, 0) is 24.1 Å². The van der Waals surface area contributed by atoms with Crippen molar-refractivity contribution in [1.82, 2.24) is 4.98 Å². The Hall–Kier alpha value is -1.13. The molecule has 2 N–H and O–H groups in total. The van der Waals surface area contributed by atoms with Gasteiger partial charge in [0.1, 0.15) is 0 Å². The third-order valence-electron chi connectivity index (χ3n) is 3.06. The minimum absolute atomic E-state index is 0.353. The highest BCUT2D eigenvalue weighted by molar-refractivity contribution is 5.54. The van der Waals surface area contributed by atoms with Crippen LogP contribution in [0.25, 0.3) is 0 Å². The molecule has 0 amide bonds. The van der Waals surface area contributed by atoms with Crippen molar-refractivity contribution in [3.63, 3.8) is 0 Å². The van der Waals surface area contributed by atoms with Crippen molar-refractivity contribution in [2.75, 3.05) is 37.7 Å². The summed E-state index contributed by atoms with van der Waals surface area (Å²) in [5, 5.41) is 0. The molecule has 0 aromatic carbocycles. The molecule has 0 aliphatic carbocycles. The van der Waals surface area contributed by atoms with Crippen LogP contribution in [0.3, 0.4) is 0 Å². The molecule has 88 valence electrons. The van der Waals surface area contributed by atoms with Crippen LogP contribution in [-0.4, -0.2) is 37.8 Å². The standard InChI is InChI=1S/C12H19N3O/c1-10(8-13)11-9-14-3-2-12(11)15-4-6-16-7-5-15/h2-3,9-10H,4-8,13H2,1H3. The number of rotatable bonds is 3. The van der Waals surface area contributed by atoms with E-state index >= 15 is 0 Å². The zero-order valence-corrected chi connectivity index (χ0v) is 9.72. The molecule has 2 heterocycles. The van der Waals surface area contributed by atoms with Gasteiger partial charge in [0.15, 0.2) is 0 Å². The van der Waals surface area contributed by atoms with Crippen molar-refractivity contribution in [3.8, 4) is 0 Å². The second-order valence-electron chi connectivity index (χ2n) is 4.17. The molecule has 0 spiro atoms. The lowest BCUT2D eigenvalue weighted by Gasteiger charge is -2.31. The lowest BCUT2D eigenvalue weighted by atomic mass is 10.0. The van der Waals surface area contributed by atoms with Crippen LogP contribution in [0, 0.1) is 0 Å². The molecule has 0 bridgehead atoms. The smallest absolute Gasteiger partial charge is 0.0642 e. The maximum absolute atomic E-state index is 5.73. The number of hydrogen-bond donors (Lipinski definition) is 1. The molecule has 1 aliphatic heterocycles. The number of aromatic nitrogens is 1. The van der Waals surface area contributed by atoms with Crippen molar-refractivity contribution in [1.29, 1.82) is 0 Å². The molecule has 1 fully saturated rings. The van der Waals surface area contributed by atoms with E-state index in [1.165, 1.54) is 11.3 Å². The average Bonchev–Trinajstić information content (AvgIpc) is 2.39. The topological polar surface area (TPSA) is 51.4 Å². The van der Waals surface area contributed by atoms with Crippen LogP contribution >= 0.6 is 0 Å². The highest BCUT2D eigenvalue weighted by atomic mass is 16.5. The first-order valence-corrected chi connectivity index (χ1v) is 5.79. The Kier molecular flexibility index (Phi) is 3.74. The SMILES string of the molecule is CC(CN)c1cnccc1N1CCOCC1. The number of nitrogens with two attached hydrogens (primary N) is 1. The minimum Gasteiger partial charge on any atom is -0.378 e. The second-order valence-corrected chi connectivity index (χ2v) is 4.17. The zero-order valence-electron chi connectivity index (χ0n) is 9.72. The maximum atomic E-state index is 5.73. The van der Waals surface area contributed by atoms with Crippen LogP contribution in [0.2, 0.25) is 0 Å². The average molecular weight is 221 g/mol. The first-order valence-electron chi connectivity index (χ1n) is 5.79. The van der Waals surface area contributed by atoms with E-state index in [-0.39, 0.29) is 0 Å². The molecule has 2 rings (SSSR count). The van der Waals surface area contributed by atoms with E-state index in [1.807, 2.05) is 12.4 Å². The molecule has 4 heteroatoms. The summed E-state index contributed by atoms with van der Waals surface area (Å²) in [6.07, 6.45) is 3.78. The van der Waals surface area contributed by atoms with Gasteiger partial charge in [0.2, 0.25) is 0 Å². The molecule has 1 aromatic rings.